The van der Waals surface area contributed by atoms with Gasteiger partial charge in [-0.3, -0.25) is 4.79 Å². The molecule has 3 nitrogen and oxygen atoms in total. The predicted octanol–water partition coefficient (Wildman–Crippen LogP) is 3.67. The van der Waals surface area contributed by atoms with E-state index in [0.29, 0.717) is 5.56 Å². The molecule has 1 aliphatic carbocycles. The predicted molar refractivity (Wildman–Crippen MR) is 77.8 cm³/mol. The Bertz CT molecular complexity index is 515. The zero-order chi connectivity index (χ0) is 13.8. The molecule has 0 spiro atoms. The summed E-state index contributed by atoms with van der Waals surface area (Å²) in [6.07, 6.45) is 4.33. The van der Waals surface area contributed by atoms with Crippen molar-refractivity contribution in [3.63, 3.8) is 0 Å². The summed E-state index contributed by atoms with van der Waals surface area (Å²) in [5.41, 5.74) is 1.64. The van der Waals surface area contributed by atoms with Crippen LogP contribution in [0.25, 0.3) is 0 Å². The fourth-order valence-electron chi connectivity index (χ4n) is 2.64. The summed E-state index contributed by atoms with van der Waals surface area (Å²) in [6, 6.07) is 8.05. The maximum absolute atomic E-state index is 12.6. The van der Waals surface area contributed by atoms with E-state index in [2.05, 4.69) is 22.0 Å². The van der Waals surface area contributed by atoms with Crippen LogP contribution in [0.15, 0.2) is 22.7 Å². The van der Waals surface area contributed by atoms with Crippen LogP contribution in [0.3, 0.4) is 0 Å². The number of nitrogens with zero attached hydrogens (tertiary/aromatic N) is 2. The van der Waals surface area contributed by atoms with Crippen LogP contribution >= 0.6 is 15.9 Å². The Kier molecular flexibility index (Phi) is 4.60. The summed E-state index contributed by atoms with van der Waals surface area (Å²) in [4.78, 5) is 14.4. The third-order valence-electron chi connectivity index (χ3n) is 3.70. The van der Waals surface area contributed by atoms with Gasteiger partial charge >= 0.3 is 0 Å². The van der Waals surface area contributed by atoms with Gasteiger partial charge in [0.2, 0.25) is 0 Å². The monoisotopic (exact) mass is 320 g/mol. The Labute approximate surface area is 122 Å². The van der Waals surface area contributed by atoms with Crippen molar-refractivity contribution in [1.29, 1.82) is 5.26 Å². The van der Waals surface area contributed by atoms with Crippen molar-refractivity contribution in [2.24, 2.45) is 0 Å². The van der Waals surface area contributed by atoms with E-state index in [1.807, 2.05) is 25.1 Å². The lowest BCUT2D eigenvalue weighted by Crippen LogP contribution is -2.39. The lowest BCUT2D eigenvalue weighted by atomic mass is 10.1. The summed E-state index contributed by atoms with van der Waals surface area (Å²) in [6.45, 7) is 2.11. The Morgan fingerprint density at radius 3 is 2.79 bits per heavy atom. The number of carbonyl (C=O) groups excluding carboxylic acids is 1. The minimum Gasteiger partial charge on any atom is -0.322 e. The summed E-state index contributed by atoms with van der Waals surface area (Å²) >= 11 is 3.40. The first kappa shape index (κ1) is 14.1. The standard InChI is InChI=1S/C15H17BrN2O/c1-11-6-7-12(16)10-14(11)15(19)18(9-8-17)13-4-2-3-5-13/h6-7,10,13H,2-5,9H2,1H3. The molecule has 0 aromatic heterocycles. The van der Waals surface area contributed by atoms with Crippen LogP contribution in [-0.2, 0) is 0 Å². The van der Waals surface area contributed by atoms with Gasteiger partial charge in [-0.2, -0.15) is 5.26 Å². The van der Waals surface area contributed by atoms with Gasteiger partial charge in [0.15, 0.2) is 0 Å². The van der Waals surface area contributed by atoms with Gasteiger partial charge in [0.25, 0.3) is 5.91 Å². The van der Waals surface area contributed by atoms with Gasteiger partial charge in [0.05, 0.1) is 6.07 Å². The van der Waals surface area contributed by atoms with Gasteiger partial charge in [0, 0.05) is 16.1 Å². The number of benzene rings is 1. The number of amides is 1. The number of carbonyl (C=O) groups is 1. The van der Waals surface area contributed by atoms with E-state index in [1.54, 1.807) is 4.90 Å². The van der Waals surface area contributed by atoms with E-state index in [4.69, 9.17) is 5.26 Å². The quantitative estimate of drug-likeness (QED) is 0.797. The summed E-state index contributed by atoms with van der Waals surface area (Å²) < 4.78 is 0.893. The highest BCUT2D eigenvalue weighted by atomic mass is 79.9. The average molecular weight is 321 g/mol. The Balaban J connectivity index is 2.28. The number of rotatable bonds is 3. The van der Waals surface area contributed by atoms with Gasteiger partial charge in [-0.05, 0) is 37.5 Å². The van der Waals surface area contributed by atoms with E-state index in [1.165, 1.54) is 0 Å². The molecule has 1 amide bonds. The molecule has 1 saturated carbocycles. The van der Waals surface area contributed by atoms with Crippen molar-refractivity contribution in [3.05, 3.63) is 33.8 Å². The highest BCUT2D eigenvalue weighted by molar-refractivity contribution is 9.10. The zero-order valence-electron chi connectivity index (χ0n) is 11.0. The molecule has 1 aromatic carbocycles. The molecule has 0 unspecified atom stereocenters. The van der Waals surface area contributed by atoms with Crippen molar-refractivity contribution in [2.45, 2.75) is 38.6 Å². The van der Waals surface area contributed by atoms with Crippen molar-refractivity contribution in [1.82, 2.24) is 4.90 Å². The van der Waals surface area contributed by atoms with E-state index in [9.17, 15) is 4.79 Å². The van der Waals surface area contributed by atoms with Crippen LogP contribution in [0.4, 0.5) is 0 Å². The first-order valence-electron chi connectivity index (χ1n) is 6.57. The Hall–Kier alpha value is -1.34. The van der Waals surface area contributed by atoms with Crippen LogP contribution in [-0.4, -0.2) is 23.4 Å². The summed E-state index contributed by atoms with van der Waals surface area (Å²) in [5, 5.41) is 8.96. The van der Waals surface area contributed by atoms with Crippen molar-refractivity contribution in [3.8, 4) is 6.07 Å². The molecule has 0 N–H and O–H groups in total. The molecular formula is C15H17BrN2O. The molecule has 1 fully saturated rings. The van der Waals surface area contributed by atoms with Crippen LogP contribution in [0.2, 0.25) is 0 Å². The fourth-order valence-corrected chi connectivity index (χ4v) is 3.00. The lowest BCUT2D eigenvalue weighted by Gasteiger charge is -2.27. The first-order valence-corrected chi connectivity index (χ1v) is 7.37. The third-order valence-corrected chi connectivity index (χ3v) is 4.19. The minimum absolute atomic E-state index is 0.0211. The van der Waals surface area contributed by atoms with Crippen molar-refractivity contribution >= 4 is 21.8 Å². The minimum atomic E-state index is -0.0211. The second-order valence-electron chi connectivity index (χ2n) is 4.99. The van der Waals surface area contributed by atoms with Crippen LogP contribution in [0, 0.1) is 18.3 Å². The number of aryl methyl sites for hydroxylation is 1. The molecule has 0 aliphatic heterocycles. The smallest absolute Gasteiger partial charge is 0.255 e. The highest BCUT2D eigenvalue weighted by Gasteiger charge is 2.27. The van der Waals surface area contributed by atoms with Gasteiger partial charge in [0.1, 0.15) is 6.54 Å². The van der Waals surface area contributed by atoms with Crippen LogP contribution in [0.1, 0.15) is 41.6 Å². The Morgan fingerprint density at radius 1 is 1.47 bits per heavy atom. The molecule has 0 saturated heterocycles. The first-order chi connectivity index (χ1) is 9.13. The molecule has 1 aliphatic rings. The molecule has 2 rings (SSSR count). The van der Waals surface area contributed by atoms with E-state index >= 15 is 0 Å². The fraction of sp³-hybridized carbons (Fsp3) is 0.467. The van der Waals surface area contributed by atoms with Gasteiger partial charge < -0.3 is 4.90 Å². The van der Waals surface area contributed by atoms with E-state index in [0.717, 1.165) is 35.7 Å². The van der Waals surface area contributed by atoms with Gasteiger partial charge in [-0.15, -0.1) is 0 Å². The molecule has 0 atom stereocenters. The average Bonchev–Trinajstić information content (AvgIpc) is 2.92. The molecule has 0 bridgehead atoms. The number of nitriles is 1. The molecule has 19 heavy (non-hydrogen) atoms. The SMILES string of the molecule is Cc1ccc(Br)cc1C(=O)N(CC#N)C1CCCC1. The topological polar surface area (TPSA) is 44.1 Å². The van der Waals surface area contributed by atoms with Crippen molar-refractivity contribution in [2.75, 3.05) is 6.54 Å². The molecule has 0 radical (unpaired) electrons. The maximum atomic E-state index is 12.6. The second kappa shape index (κ2) is 6.21. The van der Waals surface area contributed by atoms with Crippen molar-refractivity contribution < 1.29 is 4.79 Å². The van der Waals surface area contributed by atoms with E-state index in [-0.39, 0.29) is 18.5 Å². The zero-order valence-corrected chi connectivity index (χ0v) is 12.6. The highest BCUT2D eigenvalue weighted by Crippen LogP contribution is 2.26. The normalized spacial score (nSPS) is 15.2. The van der Waals surface area contributed by atoms with Crippen LogP contribution in [0.5, 0.6) is 0 Å². The number of hydrogen-bond acceptors (Lipinski definition) is 2. The Morgan fingerprint density at radius 2 is 2.16 bits per heavy atom. The maximum Gasteiger partial charge on any atom is 0.255 e. The van der Waals surface area contributed by atoms with E-state index < -0.39 is 0 Å². The lowest BCUT2D eigenvalue weighted by molar-refractivity contribution is 0.0708. The molecule has 0 heterocycles. The molecular weight excluding hydrogens is 304 g/mol. The second-order valence-corrected chi connectivity index (χ2v) is 5.90. The molecule has 1 aromatic rings. The van der Waals surface area contributed by atoms with Gasteiger partial charge in [-0.1, -0.05) is 34.8 Å². The number of halogens is 1. The third kappa shape index (κ3) is 3.16. The molecule has 100 valence electrons. The summed E-state index contributed by atoms with van der Waals surface area (Å²) in [7, 11) is 0. The van der Waals surface area contributed by atoms with Gasteiger partial charge in [-0.25, -0.2) is 0 Å². The molecule has 4 heteroatoms. The number of hydrogen-bond donors (Lipinski definition) is 0. The van der Waals surface area contributed by atoms with Crippen LogP contribution < -0.4 is 0 Å². The largest absolute Gasteiger partial charge is 0.322 e. The summed E-state index contributed by atoms with van der Waals surface area (Å²) in [5.74, 6) is -0.0211.